The number of aliphatic hydroxyl groups is 1. The molecule has 3 nitrogen and oxygen atoms in total. The first-order valence-electron chi connectivity index (χ1n) is 10.0. The van der Waals surface area contributed by atoms with Gasteiger partial charge in [-0.15, -0.1) is 0 Å². The third kappa shape index (κ3) is 3.80. The van der Waals surface area contributed by atoms with E-state index in [9.17, 15) is 5.11 Å². The lowest BCUT2D eigenvalue weighted by atomic mass is 9.85. The molecular weight excluding hydrogens is 332 g/mol. The maximum absolute atomic E-state index is 9.54. The molecule has 0 aliphatic carbocycles. The van der Waals surface area contributed by atoms with Crippen LogP contribution in [0.3, 0.4) is 0 Å². The molecule has 1 atom stereocenters. The van der Waals surface area contributed by atoms with Crippen molar-refractivity contribution in [1.82, 2.24) is 9.88 Å². The second-order valence-electron chi connectivity index (χ2n) is 8.88. The number of nitrogens with zero attached hydrogens (tertiary/aromatic N) is 1. The topological polar surface area (TPSA) is 39.3 Å². The minimum atomic E-state index is 0.153. The molecule has 2 heterocycles. The molecule has 27 heavy (non-hydrogen) atoms. The summed E-state index contributed by atoms with van der Waals surface area (Å²) in [7, 11) is 0. The average molecular weight is 363 g/mol. The Morgan fingerprint density at radius 2 is 1.89 bits per heavy atom. The number of aromatic nitrogens is 1. The minimum absolute atomic E-state index is 0.153. The van der Waals surface area contributed by atoms with Crippen LogP contribution >= 0.6 is 0 Å². The zero-order valence-corrected chi connectivity index (χ0v) is 16.6. The predicted molar refractivity (Wildman–Crippen MR) is 113 cm³/mol. The summed E-state index contributed by atoms with van der Waals surface area (Å²) in [6.45, 7) is 8.98. The number of likely N-dealkylation sites (tertiary alicyclic amines) is 1. The summed E-state index contributed by atoms with van der Waals surface area (Å²) in [5.74, 6) is 0. The van der Waals surface area contributed by atoms with E-state index in [4.69, 9.17) is 0 Å². The van der Waals surface area contributed by atoms with Crippen LogP contribution in [-0.4, -0.2) is 34.2 Å². The third-order valence-corrected chi connectivity index (χ3v) is 5.82. The standard InChI is InChI=1S/C24H30N2O/c1-24(2,3)20-7-4-6-17(13-20)18-9-10-23-19(12-18)14-21(25-23)15-26-11-5-8-22(26)16-27/h4,6-7,9-10,12-14,22,25,27H,5,8,11,15-16H2,1-3H3/t22-/m1/s1. The van der Waals surface area contributed by atoms with E-state index in [1.54, 1.807) is 0 Å². The Balaban J connectivity index is 1.61. The number of rotatable bonds is 4. The highest BCUT2D eigenvalue weighted by atomic mass is 16.3. The SMILES string of the molecule is CC(C)(C)c1cccc(-c2ccc3[nH]c(CN4CCC[C@@H]4CO)cc3c2)c1. The first-order chi connectivity index (χ1) is 12.9. The second kappa shape index (κ2) is 7.14. The van der Waals surface area contributed by atoms with Crippen molar-refractivity contribution < 1.29 is 5.11 Å². The maximum Gasteiger partial charge on any atom is 0.0587 e. The largest absolute Gasteiger partial charge is 0.395 e. The van der Waals surface area contributed by atoms with Gasteiger partial charge >= 0.3 is 0 Å². The Hall–Kier alpha value is -2.10. The van der Waals surface area contributed by atoms with Crippen molar-refractivity contribution >= 4 is 10.9 Å². The number of fused-ring (bicyclic) bond motifs is 1. The molecule has 2 aromatic carbocycles. The lowest BCUT2D eigenvalue weighted by molar-refractivity contribution is 0.152. The Labute approximate surface area is 162 Å². The first-order valence-corrected chi connectivity index (χ1v) is 10.0. The summed E-state index contributed by atoms with van der Waals surface area (Å²) in [6, 6.07) is 18.1. The van der Waals surface area contributed by atoms with Gasteiger partial charge < -0.3 is 10.1 Å². The third-order valence-electron chi connectivity index (χ3n) is 5.82. The van der Waals surface area contributed by atoms with E-state index >= 15 is 0 Å². The Bertz CT molecular complexity index is 935. The van der Waals surface area contributed by atoms with Crippen LogP contribution in [0.5, 0.6) is 0 Å². The van der Waals surface area contributed by atoms with E-state index in [1.165, 1.54) is 39.7 Å². The highest BCUT2D eigenvalue weighted by Gasteiger charge is 2.24. The summed E-state index contributed by atoms with van der Waals surface area (Å²) >= 11 is 0. The van der Waals surface area contributed by atoms with Crippen molar-refractivity contribution in [1.29, 1.82) is 0 Å². The fourth-order valence-electron chi connectivity index (χ4n) is 4.15. The van der Waals surface area contributed by atoms with E-state index in [-0.39, 0.29) is 12.0 Å². The van der Waals surface area contributed by atoms with E-state index in [1.807, 2.05) is 0 Å². The van der Waals surface area contributed by atoms with Crippen LogP contribution in [0, 0.1) is 0 Å². The molecule has 2 N–H and O–H groups in total. The molecule has 1 fully saturated rings. The van der Waals surface area contributed by atoms with Gasteiger partial charge in [-0.1, -0.05) is 51.1 Å². The van der Waals surface area contributed by atoms with Gasteiger partial charge in [-0.05, 0) is 59.7 Å². The van der Waals surface area contributed by atoms with E-state index in [0.717, 1.165) is 19.5 Å². The Morgan fingerprint density at radius 1 is 1.07 bits per heavy atom. The summed E-state index contributed by atoms with van der Waals surface area (Å²) in [5, 5.41) is 10.8. The molecule has 1 saturated heterocycles. The average Bonchev–Trinajstić information content (AvgIpc) is 3.26. The van der Waals surface area contributed by atoms with Gasteiger partial charge in [0.05, 0.1) is 6.61 Å². The smallest absolute Gasteiger partial charge is 0.0587 e. The summed E-state index contributed by atoms with van der Waals surface area (Å²) in [4.78, 5) is 5.95. The van der Waals surface area contributed by atoms with E-state index < -0.39 is 0 Å². The number of hydrogen-bond donors (Lipinski definition) is 2. The van der Waals surface area contributed by atoms with E-state index in [2.05, 4.69) is 79.2 Å². The van der Waals surface area contributed by atoms with Crippen LogP contribution in [0.1, 0.15) is 44.9 Å². The van der Waals surface area contributed by atoms with Crippen molar-refractivity contribution in [2.45, 2.75) is 51.6 Å². The van der Waals surface area contributed by atoms with Gasteiger partial charge in [-0.3, -0.25) is 4.90 Å². The van der Waals surface area contributed by atoms with E-state index in [0.29, 0.717) is 6.04 Å². The molecule has 0 amide bonds. The van der Waals surface area contributed by atoms with Crippen LogP contribution in [0.15, 0.2) is 48.5 Å². The number of aliphatic hydroxyl groups excluding tert-OH is 1. The molecule has 0 saturated carbocycles. The van der Waals surface area contributed by atoms with Gasteiger partial charge in [-0.2, -0.15) is 0 Å². The van der Waals surface area contributed by atoms with Gasteiger partial charge in [0.2, 0.25) is 0 Å². The molecule has 3 aromatic rings. The lowest BCUT2D eigenvalue weighted by Crippen LogP contribution is -2.31. The highest BCUT2D eigenvalue weighted by molar-refractivity contribution is 5.86. The maximum atomic E-state index is 9.54. The number of H-pyrrole nitrogens is 1. The molecule has 142 valence electrons. The van der Waals surface area contributed by atoms with Crippen LogP contribution in [0.2, 0.25) is 0 Å². The van der Waals surface area contributed by atoms with Gasteiger partial charge in [0.25, 0.3) is 0 Å². The summed E-state index contributed by atoms with van der Waals surface area (Å²) < 4.78 is 0. The van der Waals surface area contributed by atoms with Gasteiger partial charge in [0.15, 0.2) is 0 Å². The van der Waals surface area contributed by atoms with Gasteiger partial charge in [0, 0.05) is 29.2 Å². The minimum Gasteiger partial charge on any atom is -0.395 e. The molecule has 0 unspecified atom stereocenters. The van der Waals surface area contributed by atoms with Gasteiger partial charge in [0.1, 0.15) is 0 Å². The molecule has 0 spiro atoms. The molecule has 1 aromatic heterocycles. The zero-order valence-electron chi connectivity index (χ0n) is 16.6. The molecule has 0 bridgehead atoms. The second-order valence-corrected chi connectivity index (χ2v) is 8.88. The van der Waals surface area contributed by atoms with Crippen molar-refractivity contribution in [2.75, 3.05) is 13.2 Å². The summed E-state index contributed by atoms with van der Waals surface area (Å²) in [6.07, 6.45) is 2.28. The van der Waals surface area contributed by atoms with Crippen LogP contribution in [0.4, 0.5) is 0 Å². The molecule has 3 heteroatoms. The Morgan fingerprint density at radius 3 is 2.67 bits per heavy atom. The van der Waals surface area contributed by atoms with Crippen LogP contribution < -0.4 is 0 Å². The predicted octanol–water partition coefficient (Wildman–Crippen LogP) is 5.09. The van der Waals surface area contributed by atoms with Gasteiger partial charge in [-0.25, -0.2) is 0 Å². The number of hydrogen-bond acceptors (Lipinski definition) is 2. The highest BCUT2D eigenvalue weighted by Crippen LogP contribution is 2.30. The number of benzene rings is 2. The molecule has 1 aliphatic heterocycles. The fraction of sp³-hybridized carbons (Fsp3) is 0.417. The zero-order chi connectivity index (χ0) is 19.0. The van der Waals surface area contributed by atoms with Crippen molar-refractivity contribution in [3.05, 3.63) is 59.8 Å². The monoisotopic (exact) mass is 362 g/mol. The normalized spacial score (nSPS) is 18.4. The van der Waals surface area contributed by atoms with Crippen molar-refractivity contribution in [3.63, 3.8) is 0 Å². The fourth-order valence-corrected chi connectivity index (χ4v) is 4.15. The first kappa shape index (κ1) is 18.3. The number of aromatic amines is 1. The Kier molecular flexibility index (Phi) is 4.83. The summed E-state index contributed by atoms with van der Waals surface area (Å²) in [5.41, 5.74) is 6.45. The molecule has 1 aliphatic rings. The molecule has 0 radical (unpaired) electrons. The van der Waals surface area contributed by atoms with Crippen molar-refractivity contribution in [3.8, 4) is 11.1 Å². The number of nitrogens with one attached hydrogen (secondary N) is 1. The molecular formula is C24H30N2O. The van der Waals surface area contributed by atoms with Crippen LogP contribution in [0.25, 0.3) is 22.0 Å². The lowest BCUT2D eigenvalue weighted by Gasteiger charge is -2.21. The quantitative estimate of drug-likeness (QED) is 0.679. The van der Waals surface area contributed by atoms with Crippen LogP contribution in [-0.2, 0) is 12.0 Å². The molecule has 4 rings (SSSR count). The van der Waals surface area contributed by atoms with Crippen molar-refractivity contribution in [2.24, 2.45) is 0 Å².